The van der Waals surface area contributed by atoms with Crippen molar-refractivity contribution < 1.29 is 0 Å². The first-order valence-corrected chi connectivity index (χ1v) is 20.6. The summed E-state index contributed by atoms with van der Waals surface area (Å²) in [4.78, 5) is 2.37. The molecule has 10 aromatic carbocycles. The van der Waals surface area contributed by atoms with E-state index in [1.807, 2.05) is 0 Å². The molecule has 282 valence electrons. The summed E-state index contributed by atoms with van der Waals surface area (Å²) < 4.78 is 2.41. The van der Waals surface area contributed by atoms with E-state index < -0.39 is 0 Å². The van der Waals surface area contributed by atoms with Gasteiger partial charge in [0.15, 0.2) is 0 Å². The minimum atomic E-state index is 1.10. The summed E-state index contributed by atoms with van der Waals surface area (Å²) in [5, 5.41) is 4.97. The molecule has 2 nitrogen and oxygen atoms in total. The van der Waals surface area contributed by atoms with Crippen molar-refractivity contribution >= 4 is 49.6 Å². The summed E-state index contributed by atoms with van der Waals surface area (Å²) in [5.41, 5.74) is 16.4. The molecule has 60 heavy (non-hydrogen) atoms. The van der Waals surface area contributed by atoms with Crippen LogP contribution in [0.1, 0.15) is 0 Å². The molecule has 2 heteroatoms. The van der Waals surface area contributed by atoms with E-state index >= 15 is 0 Å². The van der Waals surface area contributed by atoms with Gasteiger partial charge in [-0.1, -0.05) is 182 Å². The van der Waals surface area contributed by atoms with Crippen LogP contribution in [-0.4, -0.2) is 4.57 Å². The van der Waals surface area contributed by atoms with Gasteiger partial charge in [-0.05, 0) is 110 Å². The molecule has 0 fully saturated rings. The Bertz CT molecular complexity index is 3250. The van der Waals surface area contributed by atoms with Gasteiger partial charge in [-0.2, -0.15) is 0 Å². The van der Waals surface area contributed by atoms with Crippen molar-refractivity contribution in [3.63, 3.8) is 0 Å². The van der Waals surface area contributed by atoms with E-state index in [1.165, 1.54) is 82.8 Å². The van der Waals surface area contributed by atoms with Crippen LogP contribution in [0.2, 0.25) is 0 Å². The number of para-hydroxylation sites is 3. The fraction of sp³-hybridized carbons (Fsp3) is 0. The molecule has 0 unspecified atom stereocenters. The molecule has 0 aliphatic heterocycles. The summed E-state index contributed by atoms with van der Waals surface area (Å²) in [7, 11) is 0. The van der Waals surface area contributed by atoms with E-state index in [1.54, 1.807) is 0 Å². The molecule has 0 atom stereocenters. The lowest BCUT2D eigenvalue weighted by Crippen LogP contribution is -2.10. The molecule has 0 radical (unpaired) electrons. The van der Waals surface area contributed by atoms with Gasteiger partial charge in [-0.25, -0.2) is 0 Å². The fourth-order valence-electron chi connectivity index (χ4n) is 8.84. The van der Waals surface area contributed by atoms with Gasteiger partial charge in [0.05, 0.1) is 16.7 Å². The van der Waals surface area contributed by atoms with Gasteiger partial charge in [-0.3, -0.25) is 0 Å². The van der Waals surface area contributed by atoms with Gasteiger partial charge in [0.2, 0.25) is 0 Å². The standard InChI is InChI=1S/C58H40N2/c1-2-14-41(15-3-1)46-18-12-19-47(38-46)49-20-13-21-51(40-49)59(52-37-34-42-16-4-5-17-48(42)39-52)50-35-32-44(33-36-50)43-28-30-45(31-29-43)53-22-6-9-25-56(53)60-57-26-10-7-23-54(57)55-24-8-11-27-58(55)60/h1-40H. The zero-order chi connectivity index (χ0) is 39.8. The molecule has 0 saturated heterocycles. The first-order chi connectivity index (χ1) is 29.7. The van der Waals surface area contributed by atoms with E-state index in [9.17, 15) is 0 Å². The number of rotatable bonds is 8. The average Bonchev–Trinajstić information content (AvgIpc) is 3.66. The first-order valence-electron chi connectivity index (χ1n) is 20.6. The average molecular weight is 765 g/mol. The smallest absolute Gasteiger partial charge is 0.0541 e. The minimum absolute atomic E-state index is 1.10. The lowest BCUT2D eigenvalue weighted by Gasteiger charge is -2.26. The van der Waals surface area contributed by atoms with Crippen LogP contribution in [0, 0.1) is 0 Å². The first kappa shape index (κ1) is 35.2. The molecule has 11 aromatic rings. The van der Waals surface area contributed by atoms with E-state index in [4.69, 9.17) is 0 Å². The molecule has 0 spiro atoms. The zero-order valence-corrected chi connectivity index (χ0v) is 33.0. The van der Waals surface area contributed by atoms with Gasteiger partial charge in [-0.15, -0.1) is 0 Å². The lowest BCUT2D eigenvalue weighted by atomic mass is 9.98. The summed E-state index contributed by atoms with van der Waals surface area (Å²) in [6, 6.07) is 87.8. The second-order valence-corrected chi connectivity index (χ2v) is 15.4. The molecule has 0 aliphatic rings. The van der Waals surface area contributed by atoms with Crippen LogP contribution < -0.4 is 4.90 Å². The molecule has 0 saturated carbocycles. The highest BCUT2D eigenvalue weighted by molar-refractivity contribution is 6.09. The largest absolute Gasteiger partial charge is 0.310 e. The topological polar surface area (TPSA) is 8.17 Å². The third-order valence-corrected chi connectivity index (χ3v) is 11.8. The van der Waals surface area contributed by atoms with Crippen LogP contribution in [0.3, 0.4) is 0 Å². The Morgan fingerprint density at radius 2 is 0.750 bits per heavy atom. The number of nitrogens with zero attached hydrogens (tertiary/aromatic N) is 2. The summed E-state index contributed by atoms with van der Waals surface area (Å²) in [6.07, 6.45) is 0. The number of aromatic nitrogens is 1. The Morgan fingerprint density at radius 1 is 0.267 bits per heavy atom. The molecular weight excluding hydrogens is 725 g/mol. The Kier molecular flexibility index (Phi) is 8.87. The van der Waals surface area contributed by atoms with Crippen molar-refractivity contribution in [1.82, 2.24) is 4.57 Å². The summed E-state index contributed by atoms with van der Waals surface area (Å²) >= 11 is 0. The van der Waals surface area contributed by atoms with E-state index in [2.05, 4.69) is 252 Å². The predicted molar refractivity (Wildman–Crippen MR) is 255 cm³/mol. The van der Waals surface area contributed by atoms with E-state index in [0.717, 1.165) is 17.1 Å². The second-order valence-electron chi connectivity index (χ2n) is 15.4. The van der Waals surface area contributed by atoms with Crippen molar-refractivity contribution in [2.45, 2.75) is 0 Å². The van der Waals surface area contributed by atoms with Crippen LogP contribution in [0.15, 0.2) is 243 Å². The van der Waals surface area contributed by atoms with Crippen LogP contribution in [-0.2, 0) is 0 Å². The van der Waals surface area contributed by atoms with Crippen molar-refractivity contribution in [1.29, 1.82) is 0 Å². The number of benzene rings is 10. The number of hydrogen-bond acceptors (Lipinski definition) is 1. The Morgan fingerprint density at radius 3 is 1.48 bits per heavy atom. The van der Waals surface area contributed by atoms with Crippen molar-refractivity contribution in [2.24, 2.45) is 0 Å². The lowest BCUT2D eigenvalue weighted by molar-refractivity contribution is 1.18. The SMILES string of the molecule is c1ccc(-c2cccc(-c3cccc(N(c4ccc(-c5ccc(-c6ccccc6-n6c7ccccc7c7ccccc76)cc5)cc4)c4ccc5ccccc5c4)c3)c2)cc1. The number of hydrogen-bond donors (Lipinski definition) is 0. The van der Waals surface area contributed by atoms with Crippen molar-refractivity contribution in [3.05, 3.63) is 243 Å². The van der Waals surface area contributed by atoms with Gasteiger partial charge in [0.25, 0.3) is 0 Å². The van der Waals surface area contributed by atoms with Crippen molar-refractivity contribution in [2.75, 3.05) is 4.90 Å². The third-order valence-electron chi connectivity index (χ3n) is 11.8. The predicted octanol–water partition coefficient (Wildman–Crippen LogP) is 16.1. The minimum Gasteiger partial charge on any atom is -0.310 e. The van der Waals surface area contributed by atoms with E-state index in [0.29, 0.717) is 0 Å². The van der Waals surface area contributed by atoms with Crippen LogP contribution >= 0.6 is 0 Å². The van der Waals surface area contributed by atoms with E-state index in [-0.39, 0.29) is 0 Å². The van der Waals surface area contributed by atoms with Gasteiger partial charge >= 0.3 is 0 Å². The molecule has 0 N–H and O–H groups in total. The molecule has 1 heterocycles. The molecule has 1 aromatic heterocycles. The molecular formula is C58H40N2. The highest BCUT2D eigenvalue weighted by atomic mass is 15.1. The number of fused-ring (bicyclic) bond motifs is 4. The highest BCUT2D eigenvalue weighted by Gasteiger charge is 2.17. The number of anilines is 3. The third kappa shape index (κ3) is 6.41. The van der Waals surface area contributed by atoms with Crippen molar-refractivity contribution in [3.8, 4) is 50.2 Å². The van der Waals surface area contributed by atoms with Gasteiger partial charge in [0, 0.05) is 33.4 Å². The molecule has 0 aliphatic carbocycles. The Labute approximate surface area is 350 Å². The van der Waals surface area contributed by atoms with Crippen LogP contribution in [0.25, 0.3) is 82.8 Å². The maximum absolute atomic E-state index is 2.41. The van der Waals surface area contributed by atoms with Gasteiger partial charge in [0.1, 0.15) is 0 Å². The Balaban J connectivity index is 0.945. The maximum atomic E-state index is 2.41. The Hall–Kier alpha value is -7.94. The molecule has 11 rings (SSSR count). The van der Waals surface area contributed by atoms with Gasteiger partial charge < -0.3 is 9.47 Å². The second kappa shape index (κ2) is 15.1. The monoisotopic (exact) mass is 764 g/mol. The zero-order valence-electron chi connectivity index (χ0n) is 33.0. The molecule has 0 bridgehead atoms. The fourth-order valence-corrected chi connectivity index (χ4v) is 8.84. The summed E-state index contributed by atoms with van der Waals surface area (Å²) in [5.74, 6) is 0. The summed E-state index contributed by atoms with van der Waals surface area (Å²) in [6.45, 7) is 0. The van der Waals surface area contributed by atoms with Crippen LogP contribution in [0.4, 0.5) is 17.1 Å². The maximum Gasteiger partial charge on any atom is 0.0541 e. The normalized spacial score (nSPS) is 11.3. The quantitative estimate of drug-likeness (QED) is 0.150. The van der Waals surface area contributed by atoms with Crippen LogP contribution in [0.5, 0.6) is 0 Å². The molecule has 0 amide bonds. The highest BCUT2D eigenvalue weighted by Crippen LogP contribution is 2.40.